The zero-order valence-electron chi connectivity index (χ0n) is 33.9. The number of hydrogen-bond acceptors (Lipinski definition) is 0. The molecule has 0 aromatic heterocycles. The Hall–Kier alpha value is -3.52. The van der Waals surface area contributed by atoms with Crippen LogP contribution in [0, 0.1) is 39.5 Å². The number of allylic oxidation sites excluding steroid dienone is 2. The number of hydrogen-bond donors (Lipinski definition) is 0. The van der Waals surface area contributed by atoms with Crippen molar-refractivity contribution < 1.29 is 16.4 Å². The predicted octanol–water partition coefficient (Wildman–Crippen LogP) is 12.6. The van der Waals surface area contributed by atoms with Crippen LogP contribution in [-0.2, 0) is 16.4 Å². The molecule has 4 heteroatoms. The van der Waals surface area contributed by atoms with Gasteiger partial charge in [-0.05, 0) is 0 Å². The van der Waals surface area contributed by atoms with E-state index in [1.165, 1.54) is 103 Å². The first kappa shape index (κ1) is 38.0. The van der Waals surface area contributed by atoms with Gasteiger partial charge in [0.1, 0.15) is 0 Å². The molecule has 0 saturated heterocycles. The van der Waals surface area contributed by atoms with Crippen molar-refractivity contribution in [1.82, 2.24) is 0 Å². The summed E-state index contributed by atoms with van der Waals surface area (Å²) in [5.74, 6) is 0.508. The predicted molar refractivity (Wildman–Crippen MR) is 245 cm³/mol. The molecular weight excluding hydrogens is 815 g/mol. The zero-order valence-corrected chi connectivity index (χ0v) is 39.3. The molecule has 0 amide bonds. The molecule has 6 aromatic rings. The van der Waals surface area contributed by atoms with Crippen LogP contribution in [0.3, 0.4) is 0 Å². The van der Waals surface area contributed by atoms with Gasteiger partial charge in [-0.15, -0.1) is 0 Å². The van der Waals surface area contributed by atoms with Crippen LogP contribution in [0.1, 0.15) is 79.5 Å². The normalized spacial score (nSPS) is 18.0. The molecule has 1 heterocycles. The minimum atomic E-state index is -5.63. The third-order valence-corrected chi connectivity index (χ3v) is 36.3. The number of aryl methyl sites for hydroxylation is 2. The molecule has 0 radical (unpaired) electrons. The minimum absolute atomic E-state index is 0.105. The molecule has 0 spiro atoms. The number of fused-ring (bicyclic) bond motifs is 5. The van der Waals surface area contributed by atoms with Crippen LogP contribution in [0.4, 0.5) is 0 Å². The molecular formula is C52H51Cl2SiZr. The Morgan fingerprint density at radius 1 is 0.482 bits per heavy atom. The average molecular weight is 866 g/mol. The van der Waals surface area contributed by atoms with Crippen LogP contribution in [0.25, 0.3) is 45.5 Å². The van der Waals surface area contributed by atoms with E-state index >= 15 is 0 Å². The second kappa shape index (κ2) is 13.8. The monoisotopic (exact) mass is 863 g/mol. The van der Waals surface area contributed by atoms with Crippen molar-refractivity contribution in [3.05, 3.63) is 171 Å². The second-order valence-electron chi connectivity index (χ2n) is 17.4. The Labute approximate surface area is 344 Å². The van der Waals surface area contributed by atoms with E-state index in [0.717, 1.165) is 0 Å². The fourth-order valence-corrected chi connectivity index (χ4v) is 38.9. The van der Waals surface area contributed by atoms with Crippen molar-refractivity contribution in [3.63, 3.8) is 0 Å². The zero-order chi connectivity index (χ0) is 39.3. The molecule has 0 fully saturated rings. The van der Waals surface area contributed by atoms with Crippen LogP contribution in [0.5, 0.6) is 0 Å². The topological polar surface area (TPSA) is 0 Å². The first-order valence-electron chi connectivity index (χ1n) is 20.4. The molecule has 56 heavy (non-hydrogen) atoms. The van der Waals surface area contributed by atoms with Crippen molar-refractivity contribution in [1.29, 1.82) is 0 Å². The van der Waals surface area contributed by atoms with Gasteiger partial charge in [0.25, 0.3) is 0 Å². The summed E-state index contributed by atoms with van der Waals surface area (Å²) >= 11 is -5.63. The van der Waals surface area contributed by atoms with E-state index in [-0.39, 0.29) is 19.1 Å². The first-order valence-corrected chi connectivity index (χ1v) is 32.2. The summed E-state index contributed by atoms with van der Waals surface area (Å²) < 4.78 is 1.08. The van der Waals surface area contributed by atoms with Crippen molar-refractivity contribution in [2.45, 2.75) is 62.6 Å². The van der Waals surface area contributed by atoms with Gasteiger partial charge in [0.05, 0.1) is 0 Å². The average Bonchev–Trinajstić information content (AvgIpc) is 3.90. The molecule has 3 aliphatic rings. The molecule has 9 rings (SSSR count). The summed E-state index contributed by atoms with van der Waals surface area (Å²) in [7, 11) is 17.8. The molecule has 2 atom stereocenters. The number of rotatable bonds is 7. The summed E-state index contributed by atoms with van der Waals surface area (Å²) in [6.07, 6.45) is 5.02. The van der Waals surface area contributed by atoms with E-state index in [1.54, 1.807) is 0 Å². The molecule has 6 aromatic carbocycles. The molecule has 0 N–H and O–H groups in total. The maximum absolute atomic E-state index is 9.32. The van der Waals surface area contributed by atoms with Crippen LogP contribution < -0.4 is 13.6 Å². The Balaban J connectivity index is 1.39. The Bertz CT molecular complexity index is 2540. The van der Waals surface area contributed by atoms with E-state index in [2.05, 4.69) is 183 Å². The molecule has 281 valence electrons. The van der Waals surface area contributed by atoms with E-state index in [1.807, 2.05) is 0 Å². The van der Waals surface area contributed by atoms with E-state index in [9.17, 15) is 17.0 Å². The quantitative estimate of drug-likeness (QED) is 0.140. The van der Waals surface area contributed by atoms with Gasteiger partial charge in [0.15, 0.2) is 0 Å². The van der Waals surface area contributed by atoms with E-state index < -0.39 is 25.9 Å². The van der Waals surface area contributed by atoms with E-state index in [4.69, 9.17) is 0 Å². The van der Waals surface area contributed by atoms with Crippen molar-refractivity contribution in [2.75, 3.05) is 0 Å². The Kier molecular flexibility index (Phi) is 9.37. The number of benzene rings is 6. The van der Waals surface area contributed by atoms with Gasteiger partial charge in [0.2, 0.25) is 0 Å². The maximum atomic E-state index is 9.32. The standard InChI is InChI=1S/2C20H21.C12H9Si.2ClH.Zr/c2*1-13(2)17-11-16-8-6-10-19(20(16)12-17)18-9-5-7-14(3)15(18)4;1-3-7-11-9(5-1)10-6-2-4-8-12(10)13-11;;;/h2*5-13H,1-4H3;1-7H,13H2;2*1H;/q;;;;;+2/p-2. The molecule has 2 unspecified atom stereocenters. The molecule has 2 aliphatic carbocycles. The summed E-state index contributed by atoms with van der Waals surface area (Å²) in [4.78, 5) is 0. The van der Waals surface area contributed by atoms with Gasteiger partial charge in [0, 0.05) is 0 Å². The summed E-state index contributed by atoms with van der Waals surface area (Å²) in [5, 5.41) is 2.96. The van der Waals surface area contributed by atoms with Crippen molar-refractivity contribution >= 4 is 52.3 Å². The van der Waals surface area contributed by atoms with Gasteiger partial charge in [-0.1, -0.05) is 0 Å². The second-order valence-corrected chi connectivity index (χ2v) is 39.8. The van der Waals surface area contributed by atoms with Gasteiger partial charge < -0.3 is 0 Å². The first-order chi connectivity index (χ1) is 26.8. The Morgan fingerprint density at radius 2 is 0.911 bits per heavy atom. The summed E-state index contributed by atoms with van der Waals surface area (Å²) in [6.45, 7) is 18.4. The SMILES string of the molecule is Cc1cccc(-c2cccc3c2C=C(C(C)C)[CH]3[Zr]([Cl])([Cl])([c]2cccc3c2[SiH2]c2ccccc2-3)[CH]2C(C(C)C)=Cc3c(-c4cccc(C)c4C)cccc32)c1C. The fourth-order valence-electron chi connectivity index (χ4n) is 10.7. The van der Waals surface area contributed by atoms with E-state index in [0.29, 0.717) is 0 Å². The Morgan fingerprint density at radius 3 is 1.43 bits per heavy atom. The van der Waals surface area contributed by atoms with Crippen molar-refractivity contribution in [3.8, 4) is 33.4 Å². The van der Waals surface area contributed by atoms with Gasteiger partial charge in [-0.2, -0.15) is 0 Å². The van der Waals surface area contributed by atoms with Gasteiger partial charge in [-0.3, -0.25) is 0 Å². The van der Waals surface area contributed by atoms with Crippen LogP contribution in [0.15, 0.2) is 126 Å². The van der Waals surface area contributed by atoms with Crippen LogP contribution >= 0.6 is 17.0 Å². The van der Waals surface area contributed by atoms with Gasteiger partial charge in [-0.25, -0.2) is 0 Å². The fraction of sp³-hybridized carbons (Fsp3) is 0.231. The third-order valence-electron chi connectivity index (χ3n) is 13.7. The molecule has 0 nitrogen and oxygen atoms in total. The van der Waals surface area contributed by atoms with Crippen molar-refractivity contribution in [2.24, 2.45) is 11.8 Å². The summed E-state index contributed by atoms with van der Waals surface area (Å²) in [6, 6.07) is 43.3. The van der Waals surface area contributed by atoms with Crippen LogP contribution in [0.2, 0.25) is 0 Å². The summed E-state index contributed by atoms with van der Waals surface area (Å²) in [5.41, 5.74) is 21.1. The molecule has 0 bridgehead atoms. The van der Waals surface area contributed by atoms with Gasteiger partial charge >= 0.3 is 348 Å². The molecule has 0 saturated carbocycles. The molecule has 1 aliphatic heterocycles. The number of halogens is 2. The van der Waals surface area contributed by atoms with Crippen LogP contribution in [-0.4, -0.2) is 9.52 Å². The third kappa shape index (κ3) is 5.53.